The standard InChI is InChI=1S/C24H28ClN3O6S/c1-24(2,3)34-21(30)11-8-17(27-23(32)18-9-10-19(25)35-18)22(31)26-15-4-6-16(7-5-15)28-12-13-33-14-20(28)29/h4-7,9-10,17H,8,11-14H2,1-3H3,(H,26,31)(H,27,32). The highest BCUT2D eigenvalue weighted by atomic mass is 35.5. The molecule has 0 bridgehead atoms. The van der Waals surface area contributed by atoms with Crippen LogP contribution in [0.15, 0.2) is 36.4 Å². The summed E-state index contributed by atoms with van der Waals surface area (Å²) in [6.07, 6.45) is -0.00906. The van der Waals surface area contributed by atoms with Gasteiger partial charge in [-0.2, -0.15) is 0 Å². The Morgan fingerprint density at radius 2 is 1.89 bits per heavy atom. The number of morpholine rings is 1. The summed E-state index contributed by atoms with van der Waals surface area (Å²) in [6.45, 7) is 6.21. The fourth-order valence-corrected chi connectivity index (χ4v) is 4.28. The van der Waals surface area contributed by atoms with Gasteiger partial charge in [-0.15, -0.1) is 11.3 Å². The number of esters is 1. The van der Waals surface area contributed by atoms with Gasteiger partial charge in [0.05, 0.1) is 15.8 Å². The van der Waals surface area contributed by atoms with E-state index in [4.69, 9.17) is 21.1 Å². The van der Waals surface area contributed by atoms with E-state index in [2.05, 4.69) is 10.6 Å². The second-order valence-electron chi connectivity index (χ2n) is 8.89. The molecule has 1 unspecified atom stereocenters. The summed E-state index contributed by atoms with van der Waals surface area (Å²) in [7, 11) is 0. The van der Waals surface area contributed by atoms with Crippen LogP contribution in [0.3, 0.4) is 0 Å². The molecule has 0 aliphatic carbocycles. The van der Waals surface area contributed by atoms with Gasteiger partial charge in [-0.1, -0.05) is 11.6 Å². The highest BCUT2D eigenvalue weighted by molar-refractivity contribution is 7.18. The van der Waals surface area contributed by atoms with Crippen molar-refractivity contribution in [2.45, 2.75) is 45.3 Å². The van der Waals surface area contributed by atoms with Crippen molar-refractivity contribution in [1.29, 1.82) is 0 Å². The number of carbonyl (C=O) groups excluding carboxylic acids is 4. The second kappa shape index (κ2) is 11.7. The number of amides is 3. The molecular weight excluding hydrogens is 494 g/mol. The summed E-state index contributed by atoms with van der Waals surface area (Å²) >= 11 is 7.01. The lowest BCUT2D eigenvalue weighted by molar-refractivity contribution is -0.155. The lowest BCUT2D eigenvalue weighted by Crippen LogP contribution is -2.44. The molecule has 11 heteroatoms. The SMILES string of the molecule is CC(C)(C)OC(=O)CCC(NC(=O)c1ccc(Cl)s1)C(=O)Nc1ccc(N2CCOCC2=O)cc1. The number of hydrogen-bond acceptors (Lipinski definition) is 7. The van der Waals surface area contributed by atoms with Gasteiger partial charge in [-0.25, -0.2) is 0 Å². The number of benzene rings is 1. The van der Waals surface area contributed by atoms with Crippen LogP contribution in [0.25, 0.3) is 0 Å². The average molecular weight is 522 g/mol. The van der Waals surface area contributed by atoms with Crippen molar-refractivity contribution >= 4 is 58.0 Å². The van der Waals surface area contributed by atoms with Crippen LogP contribution in [0.5, 0.6) is 0 Å². The maximum absolute atomic E-state index is 13.0. The monoisotopic (exact) mass is 521 g/mol. The predicted molar refractivity (Wildman–Crippen MR) is 134 cm³/mol. The number of carbonyl (C=O) groups is 4. The highest BCUT2D eigenvalue weighted by Crippen LogP contribution is 2.22. The van der Waals surface area contributed by atoms with Gasteiger partial charge >= 0.3 is 5.97 Å². The molecule has 3 amide bonds. The molecule has 1 fully saturated rings. The van der Waals surface area contributed by atoms with Crippen molar-refractivity contribution in [2.75, 3.05) is 30.0 Å². The van der Waals surface area contributed by atoms with Crippen molar-refractivity contribution in [1.82, 2.24) is 5.32 Å². The van der Waals surface area contributed by atoms with Gasteiger partial charge in [-0.05, 0) is 63.6 Å². The third-order valence-corrected chi connectivity index (χ3v) is 6.14. The average Bonchev–Trinajstić information content (AvgIpc) is 3.22. The van der Waals surface area contributed by atoms with Crippen molar-refractivity contribution in [3.63, 3.8) is 0 Å². The number of halogens is 1. The molecule has 35 heavy (non-hydrogen) atoms. The molecule has 0 spiro atoms. The Bertz CT molecular complexity index is 1080. The Hall–Kier alpha value is -2.95. The fourth-order valence-electron chi connectivity index (χ4n) is 3.33. The summed E-state index contributed by atoms with van der Waals surface area (Å²) in [5.41, 5.74) is 0.519. The van der Waals surface area contributed by atoms with Crippen molar-refractivity contribution in [2.24, 2.45) is 0 Å². The van der Waals surface area contributed by atoms with Crippen LogP contribution in [0.4, 0.5) is 11.4 Å². The molecule has 1 aliphatic heterocycles. The van der Waals surface area contributed by atoms with Gasteiger partial charge in [0.25, 0.3) is 11.8 Å². The third-order valence-electron chi connectivity index (χ3n) is 4.91. The van der Waals surface area contributed by atoms with Crippen LogP contribution in [-0.4, -0.2) is 55.1 Å². The molecule has 1 aliphatic rings. The first-order chi connectivity index (χ1) is 16.5. The number of nitrogens with one attached hydrogen (secondary N) is 2. The molecule has 1 aromatic carbocycles. The summed E-state index contributed by atoms with van der Waals surface area (Å²) in [5.74, 6) is -1.55. The maximum atomic E-state index is 13.0. The molecule has 3 rings (SSSR count). The van der Waals surface area contributed by atoms with E-state index < -0.39 is 29.4 Å². The smallest absolute Gasteiger partial charge is 0.306 e. The van der Waals surface area contributed by atoms with Gasteiger partial charge in [-0.3, -0.25) is 19.2 Å². The Morgan fingerprint density at radius 3 is 2.49 bits per heavy atom. The minimum atomic E-state index is -0.989. The lowest BCUT2D eigenvalue weighted by atomic mass is 10.1. The summed E-state index contributed by atoms with van der Waals surface area (Å²) in [6, 6.07) is 8.95. The molecule has 2 aromatic rings. The Labute approximate surface area is 212 Å². The minimum absolute atomic E-state index is 0.0347. The van der Waals surface area contributed by atoms with Crippen molar-refractivity contribution in [3.8, 4) is 0 Å². The second-order valence-corrected chi connectivity index (χ2v) is 10.6. The van der Waals surface area contributed by atoms with Gasteiger partial charge in [0.1, 0.15) is 18.2 Å². The van der Waals surface area contributed by atoms with Gasteiger partial charge in [0.15, 0.2) is 0 Å². The third kappa shape index (κ3) is 8.05. The van der Waals surface area contributed by atoms with E-state index in [-0.39, 0.29) is 25.4 Å². The zero-order valence-corrected chi connectivity index (χ0v) is 21.3. The van der Waals surface area contributed by atoms with Crippen LogP contribution in [0, 0.1) is 0 Å². The van der Waals surface area contributed by atoms with E-state index in [0.717, 1.165) is 11.3 Å². The van der Waals surface area contributed by atoms with Gasteiger partial charge < -0.3 is 25.0 Å². The van der Waals surface area contributed by atoms with E-state index in [9.17, 15) is 19.2 Å². The van der Waals surface area contributed by atoms with Crippen LogP contribution >= 0.6 is 22.9 Å². The number of hydrogen-bond donors (Lipinski definition) is 2. The lowest BCUT2D eigenvalue weighted by Gasteiger charge is -2.27. The van der Waals surface area contributed by atoms with Crippen LogP contribution in [0.1, 0.15) is 43.3 Å². The zero-order valence-electron chi connectivity index (χ0n) is 19.8. The first-order valence-corrected chi connectivity index (χ1v) is 12.3. The first kappa shape index (κ1) is 26.7. The molecule has 1 atom stereocenters. The van der Waals surface area contributed by atoms with E-state index in [1.54, 1.807) is 62.1 Å². The summed E-state index contributed by atoms with van der Waals surface area (Å²) < 4.78 is 10.9. The topological polar surface area (TPSA) is 114 Å². The number of thiophene rings is 1. The summed E-state index contributed by atoms with van der Waals surface area (Å²) in [4.78, 5) is 51.9. The Kier molecular flexibility index (Phi) is 8.87. The molecular formula is C24H28ClN3O6S. The largest absolute Gasteiger partial charge is 0.460 e. The normalized spacial score (nSPS) is 14.9. The quantitative estimate of drug-likeness (QED) is 0.513. The highest BCUT2D eigenvalue weighted by Gasteiger charge is 2.25. The Morgan fingerprint density at radius 1 is 1.17 bits per heavy atom. The van der Waals surface area contributed by atoms with Crippen molar-refractivity contribution < 1.29 is 28.7 Å². The van der Waals surface area contributed by atoms with Crippen LogP contribution in [-0.2, 0) is 23.9 Å². The predicted octanol–water partition coefficient (Wildman–Crippen LogP) is 3.62. The minimum Gasteiger partial charge on any atom is -0.460 e. The van der Waals surface area contributed by atoms with Gasteiger partial charge in [0, 0.05) is 24.3 Å². The molecule has 188 valence electrons. The molecule has 2 heterocycles. The maximum Gasteiger partial charge on any atom is 0.306 e. The van der Waals surface area contributed by atoms with E-state index in [1.165, 1.54) is 0 Å². The van der Waals surface area contributed by atoms with Crippen LogP contribution in [0.2, 0.25) is 4.34 Å². The Balaban J connectivity index is 1.68. The molecule has 0 saturated carbocycles. The van der Waals surface area contributed by atoms with Crippen molar-refractivity contribution in [3.05, 3.63) is 45.6 Å². The molecule has 2 N–H and O–H groups in total. The first-order valence-electron chi connectivity index (χ1n) is 11.1. The van der Waals surface area contributed by atoms with E-state index in [0.29, 0.717) is 33.7 Å². The number of ether oxygens (including phenoxy) is 2. The van der Waals surface area contributed by atoms with E-state index in [1.807, 2.05) is 0 Å². The molecule has 1 aromatic heterocycles. The van der Waals surface area contributed by atoms with Crippen LogP contribution < -0.4 is 15.5 Å². The summed E-state index contributed by atoms with van der Waals surface area (Å²) in [5, 5.41) is 5.44. The van der Waals surface area contributed by atoms with E-state index >= 15 is 0 Å². The number of rotatable bonds is 8. The molecule has 9 nitrogen and oxygen atoms in total. The number of nitrogens with zero attached hydrogens (tertiary/aromatic N) is 1. The molecule has 0 radical (unpaired) electrons. The number of anilines is 2. The zero-order chi connectivity index (χ0) is 25.6. The van der Waals surface area contributed by atoms with Gasteiger partial charge in [0.2, 0.25) is 5.91 Å². The fraction of sp³-hybridized carbons (Fsp3) is 0.417. The molecule has 1 saturated heterocycles.